The number of aromatic nitrogens is 1. The molecule has 0 aliphatic rings. The van der Waals surface area contributed by atoms with E-state index in [2.05, 4.69) is 21.2 Å². The third-order valence-corrected chi connectivity index (χ3v) is 2.67. The summed E-state index contributed by atoms with van der Waals surface area (Å²) in [5.41, 5.74) is 0.309. The van der Waals surface area contributed by atoms with Crippen molar-refractivity contribution in [2.45, 2.75) is 19.1 Å². The first-order valence-corrected chi connectivity index (χ1v) is 5.66. The minimum Gasteiger partial charge on any atom is -0.480 e. The number of carboxylic acids is 1. The Morgan fingerprint density at radius 3 is 2.47 bits per heavy atom. The predicted octanol–water partition coefficient (Wildman–Crippen LogP) is 0.351. The SMILES string of the molecule is CC(O)C(NC(=O)c1cc(Br)cn1C)C(=O)O. The molecule has 7 heteroatoms. The maximum atomic E-state index is 11.8. The van der Waals surface area contributed by atoms with Crippen LogP contribution in [0.4, 0.5) is 0 Å². The lowest BCUT2D eigenvalue weighted by Crippen LogP contribution is -2.48. The summed E-state index contributed by atoms with van der Waals surface area (Å²) in [6.07, 6.45) is 0.507. The number of nitrogens with one attached hydrogen (secondary N) is 1. The summed E-state index contributed by atoms with van der Waals surface area (Å²) in [7, 11) is 1.66. The lowest BCUT2D eigenvalue weighted by molar-refractivity contribution is -0.141. The number of aliphatic hydroxyl groups is 1. The van der Waals surface area contributed by atoms with Gasteiger partial charge in [-0.3, -0.25) is 4.79 Å². The number of hydrogen-bond donors (Lipinski definition) is 3. The highest BCUT2D eigenvalue weighted by Gasteiger charge is 2.26. The van der Waals surface area contributed by atoms with Gasteiger partial charge in [0.05, 0.1) is 6.10 Å². The molecule has 0 fully saturated rings. The summed E-state index contributed by atoms with van der Waals surface area (Å²) >= 11 is 3.21. The molecule has 17 heavy (non-hydrogen) atoms. The van der Waals surface area contributed by atoms with Crippen LogP contribution in [0.1, 0.15) is 17.4 Å². The van der Waals surface area contributed by atoms with Crippen LogP contribution in [-0.4, -0.2) is 38.8 Å². The van der Waals surface area contributed by atoms with E-state index in [1.165, 1.54) is 6.92 Å². The van der Waals surface area contributed by atoms with E-state index in [0.717, 1.165) is 0 Å². The van der Waals surface area contributed by atoms with Crippen molar-refractivity contribution in [1.82, 2.24) is 9.88 Å². The van der Waals surface area contributed by atoms with E-state index in [1.807, 2.05) is 0 Å². The highest BCUT2D eigenvalue weighted by atomic mass is 79.9. The number of aryl methyl sites for hydroxylation is 1. The quantitative estimate of drug-likeness (QED) is 0.748. The van der Waals surface area contributed by atoms with Crippen LogP contribution >= 0.6 is 15.9 Å². The van der Waals surface area contributed by atoms with Crippen LogP contribution < -0.4 is 5.32 Å². The highest BCUT2D eigenvalue weighted by molar-refractivity contribution is 9.10. The summed E-state index contributed by atoms with van der Waals surface area (Å²) < 4.78 is 2.27. The number of nitrogens with zero attached hydrogens (tertiary/aromatic N) is 1. The minimum atomic E-state index is -1.32. The third kappa shape index (κ3) is 3.31. The molecule has 94 valence electrons. The normalized spacial score (nSPS) is 14.1. The zero-order valence-corrected chi connectivity index (χ0v) is 10.9. The maximum absolute atomic E-state index is 11.8. The molecule has 1 aromatic rings. The molecule has 1 amide bonds. The van der Waals surface area contributed by atoms with Gasteiger partial charge >= 0.3 is 5.97 Å². The largest absolute Gasteiger partial charge is 0.480 e. The maximum Gasteiger partial charge on any atom is 0.328 e. The Morgan fingerprint density at radius 2 is 2.12 bits per heavy atom. The third-order valence-electron chi connectivity index (χ3n) is 2.24. The van der Waals surface area contributed by atoms with Crippen molar-refractivity contribution in [1.29, 1.82) is 0 Å². The summed E-state index contributed by atoms with van der Waals surface area (Å²) in [6, 6.07) is 0.243. The Morgan fingerprint density at radius 1 is 1.53 bits per heavy atom. The van der Waals surface area contributed by atoms with Crippen molar-refractivity contribution in [2.75, 3.05) is 0 Å². The summed E-state index contributed by atoms with van der Waals surface area (Å²) in [5.74, 6) is -1.83. The van der Waals surface area contributed by atoms with Gasteiger partial charge in [0.25, 0.3) is 5.91 Å². The van der Waals surface area contributed by atoms with Gasteiger partial charge < -0.3 is 20.1 Å². The Balaban J connectivity index is 2.85. The van der Waals surface area contributed by atoms with Gasteiger partial charge in [-0.1, -0.05) is 0 Å². The minimum absolute atomic E-state index is 0.309. The van der Waals surface area contributed by atoms with Gasteiger partial charge in [0.15, 0.2) is 6.04 Å². The summed E-state index contributed by atoms with van der Waals surface area (Å²) in [5, 5.41) is 20.3. The fourth-order valence-corrected chi connectivity index (χ4v) is 1.88. The number of carbonyl (C=O) groups is 2. The Bertz CT molecular complexity index is 442. The van der Waals surface area contributed by atoms with E-state index in [1.54, 1.807) is 23.9 Å². The molecule has 0 aliphatic heterocycles. The van der Waals surface area contributed by atoms with Gasteiger partial charge in [0, 0.05) is 17.7 Å². The average Bonchev–Trinajstić information content (AvgIpc) is 2.53. The molecule has 1 heterocycles. The number of amides is 1. The second kappa shape index (κ2) is 5.33. The predicted molar refractivity (Wildman–Crippen MR) is 63.7 cm³/mol. The van der Waals surface area contributed by atoms with Gasteiger partial charge in [-0.15, -0.1) is 0 Å². The first-order valence-electron chi connectivity index (χ1n) is 4.86. The molecule has 1 aromatic heterocycles. The van der Waals surface area contributed by atoms with Crippen LogP contribution in [-0.2, 0) is 11.8 Å². The molecular formula is C10H13BrN2O4. The monoisotopic (exact) mass is 304 g/mol. The molecule has 0 aliphatic carbocycles. The second-order valence-corrected chi connectivity index (χ2v) is 4.60. The molecule has 6 nitrogen and oxygen atoms in total. The second-order valence-electron chi connectivity index (χ2n) is 3.68. The van der Waals surface area contributed by atoms with Crippen molar-refractivity contribution in [3.8, 4) is 0 Å². The van der Waals surface area contributed by atoms with Crippen LogP contribution in [0.15, 0.2) is 16.7 Å². The molecule has 0 bridgehead atoms. The van der Waals surface area contributed by atoms with Crippen LogP contribution in [0.3, 0.4) is 0 Å². The standard InChI is InChI=1S/C10H13BrN2O4/c1-5(14)8(10(16)17)12-9(15)7-3-6(11)4-13(7)2/h3-5,8,14H,1-2H3,(H,12,15)(H,16,17). The van der Waals surface area contributed by atoms with E-state index in [-0.39, 0.29) is 0 Å². The van der Waals surface area contributed by atoms with Gasteiger partial charge in [-0.2, -0.15) is 0 Å². The topological polar surface area (TPSA) is 91.6 Å². The Labute approximate surface area is 106 Å². The molecule has 2 atom stereocenters. The zero-order chi connectivity index (χ0) is 13.2. The summed E-state index contributed by atoms with van der Waals surface area (Å²) in [4.78, 5) is 22.6. The van der Waals surface area contributed by atoms with Crippen molar-refractivity contribution < 1.29 is 19.8 Å². The molecule has 0 radical (unpaired) electrons. The number of aliphatic hydroxyl groups excluding tert-OH is 1. The molecule has 0 saturated carbocycles. The number of hydrogen-bond acceptors (Lipinski definition) is 3. The van der Waals surface area contributed by atoms with E-state index in [9.17, 15) is 14.7 Å². The molecular weight excluding hydrogens is 292 g/mol. The molecule has 0 aromatic carbocycles. The van der Waals surface area contributed by atoms with Crippen LogP contribution in [0.25, 0.3) is 0 Å². The molecule has 1 rings (SSSR count). The van der Waals surface area contributed by atoms with Crippen LogP contribution in [0.2, 0.25) is 0 Å². The number of carbonyl (C=O) groups excluding carboxylic acids is 1. The number of carboxylic acid groups (broad SMARTS) is 1. The zero-order valence-electron chi connectivity index (χ0n) is 9.35. The van der Waals surface area contributed by atoms with Gasteiger partial charge in [0.1, 0.15) is 5.69 Å². The average molecular weight is 305 g/mol. The van der Waals surface area contributed by atoms with Crippen molar-refractivity contribution >= 4 is 27.8 Å². The first kappa shape index (κ1) is 13.7. The Hall–Kier alpha value is -1.34. The van der Waals surface area contributed by atoms with Crippen molar-refractivity contribution in [3.05, 3.63) is 22.4 Å². The van der Waals surface area contributed by atoms with E-state index in [4.69, 9.17) is 5.11 Å². The van der Waals surface area contributed by atoms with Crippen LogP contribution in [0.5, 0.6) is 0 Å². The summed E-state index contributed by atoms with van der Waals surface area (Å²) in [6.45, 7) is 1.31. The smallest absolute Gasteiger partial charge is 0.328 e. The lowest BCUT2D eigenvalue weighted by Gasteiger charge is -2.17. The first-order chi connectivity index (χ1) is 7.82. The van der Waals surface area contributed by atoms with Crippen molar-refractivity contribution in [3.63, 3.8) is 0 Å². The van der Waals surface area contributed by atoms with Gasteiger partial charge in [-0.25, -0.2) is 4.79 Å². The highest BCUT2D eigenvalue weighted by Crippen LogP contribution is 2.13. The number of rotatable bonds is 4. The van der Waals surface area contributed by atoms with E-state index >= 15 is 0 Å². The number of halogens is 1. The van der Waals surface area contributed by atoms with Gasteiger partial charge in [0.2, 0.25) is 0 Å². The van der Waals surface area contributed by atoms with Gasteiger partial charge in [-0.05, 0) is 28.9 Å². The van der Waals surface area contributed by atoms with E-state index < -0.39 is 24.0 Å². The van der Waals surface area contributed by atoms with Crippen molar-refractivity contribution in [2.24, 2.45) is 7.05 Å². The Kier molecular flexibility index (Phi) is 4.30. The molecule has 2 unspecified atom stereocenters. The molecule has 0 saturated heterocycles. The number of aliphatic carboxylic acids is 1. The molecule has 0 spiro atoms. The lowest BCUT2D eigenvalue weighted by atomic mass is 10.2. The molecule has 3 N–H and O–H groups in total. The van der Waals surface area contributed by atoms with E-state index in [0.29, 0.717) is 10.2 Å². The fraction of sp³-hybridized carbons (Fsp3) is 0.400. The fourth-order valence-electron chi connectivity index (χ4n) is 1.35. The van der Waals surface area contributed by atoms with Crippen LogP contribution in [0, 0.1) is 0 Å².